The zero-order valence-electron chi connectivity index (χ0n) is 11.7. The van der Waals surface area contributed by atoms with E-state index in [2.05, 4.69) is 9.97 Å². The third-order valence-corrected chi connectivity index (χ3v) is 3.71. The summed E-state index contributed by atoms with van der Waals surface area (Å²) in [6, 6.07) is 9.82. The molecule has 0 radical (unpaired) electrons. The lowest BCUT2D eigenvalue weighted by molar-refractivity contribution is 0.242. The molecule has 2 N–H and O–H groups in total. The standard InChI is InChI=1S/C15H19N3OS/c1-11(2)19-13-5-3-12(4-6-13)14(16)9-20-15-7-8-17-10-18-15/h3-8,10-11,14H,9,16H2,1-2H3. The molecule has 1 heterocycles. The first kappa shape index (κ1) is 14.8. The summed E-state index contributed by atoms with van der Waals surface area (Å²) in [6.45, 7) is 4.02. The molecule has 2 aromatic rings. The van der Waals surface area contributed by atoms with Gasteiger partial charge in [-0.2, -0.15) is 0 Å². The Kier molecular flexibility index (Phi) is 5.38. The molecular formula is C15H19N3OS. The predicted molar refractivity (Wildman–Crippen MR) is 81.9 cm³/mol. The summed E-state index contributed by atoms with van der Waals surface area (Å²) in [4.78, 5) is 8.06. The summed E-state index contributed by atoms with van der Waals surface area (Å²) in [5.41, 5.74) is 7.29. The van der Waals surface area contributed by atoms with Gasteiger partial charge in [-0.05, 0) is 37.6 Å². The van der Waals surface area contributed by atoms with E-state index in [-0.39, 0.29) is 12.1 Å². The summed E-state index contributed by atoms with van der Waals surface area (Å²) in [6.07, 6.45) is 3.47. The Balaban J connectivity index is 1.90. The van der Waals surface area contributed by atoms with E-state index >= 15 is 0 Å². The molecule has 0 spiro atoms. The van der Waals surface area contributed by atoms with E-state index in [0.29, 0.717) is 0 Å². The summed E-state index contributed by atoms with van der Waals surface area (Å²) < 4.78 is 5.62. The van der Waals surface area contributed by atoms with Crippen LogP contribution in [0, 0.1) is 0 Å². The fourth-order valence-corrected chi connectivity index (χ4v) is 2.52. The van der Waals surface area contributed by atoms with Gasteiger partial charge < -0.3 is 10.5 Å². The van der Waals surface area contributed by atoms with Crippen molar-refractivity contribution < 1.29 is 4.74 Å². The molecule has 0 aliphatic rings. The summed E-state index contributed by atoms with van der Waals surface area (Å²) in [5.74, 6) is 1.65. The van der Waals surface area contributed by atoms with Crippen molar-refractivity contribution in [2.45, 2.75) is 31.0 Å². The number of nitrogens with zero attached hydrogens (tertiary/aromatic N) is 2. The minimum Gasteiger partial charge on any atom is -0.491 e. The first-order valence-corrected chi connectivity index (χ1v) is 7.54. The number of rotatable bonds is 6. The molecule has 0 bridgehead atoms. The van der Waals surface area contributed by atoms with Gasteiger partial charge in [0.05, 0.1) is 11.1 Å². The number of ether oxygens (including phenoxy) is 1. The predicted octanol–water partition coefficient (Wildman–Crippen LogP) is 3.06. The first-order chi connectivity index (χ1) is 9.65. The van der Waals surface area contributed by atoms with Gasteiger partial charge in [-0.1, -0.05) is 12.1 Å². The number of hydrogen-bond donors (Lipinski definition) is 1. The molecule has 0 aliphatic carbocycles. The van der Waals surface area contributed by atoms with Gasteiger partial charge in [0, 0.05) is 18.0 Å². The van der Waals surface area contributed by atoms with Gasteiger partial charge in [0.1, 0.15) is 12.1 Å². The minimum atomic E-state index is -0.0249. The van der Waals surface area contributed by atoms with E-state index in [1.807, 2.05) is 44.2 Å². The Bertz CT molecular complexity index is 516. The summed E-state index contributed by atoms with van der Waals surface area (Å²) >= 11 is 1.63. The maximum Gasteiger partial charge on any atom is 0.119 e. The second-order valence-electron chi connectivity index (χ2n) is 4.70. The topological polar surface area (TPSA) is 61.0 Å². The highest BCUT2D eigenvalue weighted by atomic mass is 32.2. The van der Waals surface area contributed by atoms with Crippen LogP contribution in [-0.2, 0) is 0 Å². The molecule has 1 aromatic carbocycles. The van der Waals surface area contributed by atoms with Crippen LogP contribution in [0.4, 0.5) is 0 Å². The van der Waals surface area contributed by atoms with Crippen LogP contribution in [0.2, 0.25) is 0 Å². The molecule has 1 aromatic heterocycles. The molecule has 0 amide bonds. The van der Waals surface area contributed by atoms with Crippen molar-refractivity contribution >= 4 is 11.8 Å². The zero-order valence-corrected chi connectivity index (χ0v) is 12.5. The molecule has 1 atom stereocenters. The molecule has 20 heavy (non-hydrogen) atoms. The van der Waals surface area contributed by atoms with Crippen molar-refractivity contribution in [1.29, 1.82) is 0 Å². The minimum absolute atomic E-state index is 0.0249. The lowest BCUT2D eigenvalue weighted by Gasteiger charge is -2.13. The van der Waals surface area contributed by atoms with Gasteiger partial charge >= 0.3 is 0 Å². The highest BCUT2D eigenvalue weighted by Gasteiger charge is 2.08. The molecular weight excluding hydrogens is 270 g/mol. The lowest BCUT2D eigenvalue weighted by Crippen LogP contribution is -2.13. The number of thioether (sulfide) groups is 1. The van der Waals surface area contributed by atoms with Crippen LogP contribution < -0.4 is 10.5 Å². The van der Waals surface area contributed by atoms with Crippen molar-refractivity contribution in [2.75, 3.05) is 5.75 Å². The van der Waals surface area contributed by atoms with Crippen molar-refractivity contribution in [3.05, 3.63) is 48.4 Å². The molecule has 5 heteroatoms. The van der Waals surface area contributed by atoms with Gasteiger partial charge in [-0.15, -0.1) is 11.8 Å². The van der Waals surface area contributed by atoms with Crippen molar-refractivity contribution in [1.82, 2.24) is 9.97 Å². The monoisotopic (exact) mass is 289 g/mol. The normalized spacial score (nSPS) is 12.4. The van der Waals surface area contributed by atoms with Crippen molar-refractivity contribution in [3.63, 3.8) is 0 Å². The van der Waals surface area contributed by atoms with Crippen molar-refractivity contribution in [3.8, 4) is 5.75 Å². The van der Waals surface area contributed by atoms with Gasteiger partial charge in [-0.3, -0.25) is 0 Å². The maximum atomic E-state index is 6.19. The molecule has 1 unspecified atom stereocenters. The van der Waals surface area contributed by atoms with Crippen LogP contribution in [-0.4, -0.2) is 21.8 Å². The number of nitrogens with two attached hydrogens (primary N) is 1. The van der Waals surface area contributed by atoms with E-state index in [4.69, 9.17) is 10.5 Å². The van der Waals surface area contributed by atoms with Crippen LogP contribution in [0.1, 0.15) is 25.5 Å². The maximum absolute atomic E-state index is 6.19. The average molecular weight is 289 g/mol. The Hall–Kier alpha value is -1.59. The average Bonchev–Trinajstić information content (AvgIpc) is 2.46. The van der Waals surface area contributed by atoms with Crippen LogP contribution >= 0.6 is 11.8 Å². The first-order valence-electron chi connectivity index (χ1n) is 6.56. The highest BCUT2D eigenvalue weighted by Crippen LogP contribution is 2.23. The van der Waals surface area contributed by atoms with E-state index < -0.39 is 0 Å². The van der Waals surface area contributed by atoms with Gasteiger partial charge in [0.2, 0.25) is 0 Å². The van der Waals surface area contributed by atoms with Crippen LogP contribution in [0.15, 0.2) is 47.9 Å². The van der Waals surface area contributed by atoms with Gasteiger partial charge in [0.25, 0.3) is 0 Å². The fourth-order valence-electron chi connectivity index (χ4n) is 1.70. The van der Waals surface area contributed by atoms with Crippen LogP contribution in [0.3, 0.4) is 0 Å². The third-order valence-electron chi connectivity index (χ3n) is 2.65. The van der Waals surface area contributed by atoms with E-state index in [1.54, 1.807) is 24.3 Å². The molecule has 0 fully saturated rings. The SMILES string of the molecule is CC(C)Oc1ccc(C(N)CSc2ccncn2)cc1. The molecule has 2 rings (SSSR count). The number of aromatic nitrogens is 2. The summed E-state index contributed by atoms with van der Waals surface area (Å²) in [7, 11) is 0. The Labute approximate surface area is 123 Å². The van der Waals surface area contributed by atoms with E-state index in [9.17, 15) is 0 Å². The molecule has 0 aliphatic heterocycles. The van der Waals surface area contributed by atoms with Crippen molar-refractivity contribution in [2.24, 2.45) is 5.73 Å². The Morgan fingerprint density at radius 1 is 1.20 bits per heavy atom. The smallest absolute Gasteiger partial charge is 0.119 e. The third kappa shape index (κ3) is 4.51. The fraction of sp³-hybridized carbons (Fsp3) is 0.333. The van der Waals surface area contributed by atoms with Crippen LogP contribution in [0.5, 0.6) is 5.75 Å². The largest absolute Gasteiger partial charge is 0.491 e. The second-order valence-corrected chi connectivity index (χ2v) is 5.74. The second kappa shape index (κ2) is 7.26. The van der Waals surface area contributed by atoms with Gasteiger partial charge in [-0.25, -0.2) is 9.97 Å². The Morgan fingerprint density at radius 3 is 2.55 bits per heavy atom. The number of hydrogen-bond acceptors (Lipinski definition) is 5. The molecule has 4 nitrogen and oxygen atoms in total. The van der Waals surface area contributed by atoms with Gasteiger partial charge in [0.15, 0.2) is 0 Å². The number of benzene rings is 1. The quantitative estimate of drug-likeness (QED) is 0.654. The zero-order chi connectivity index (χ0) is 14.4. The molecule has 106 valence electrons. The Morgan fingerprint density at radius 2 is 1.95 bits per heavy atom. The van der Waals surface area contributed by atoms with E-state index in [0.717, 1.165) is 22.1 Å². The van der Waals surface area contributed by atoms with E-state index in [1.165, 1.54) is 0 Å². The van der Waals surface area contributed by atoms with Crippen LogP contribution in [0.25, 0.3) is 0 Å². The molecule has 0 saturated heterocycles. The lowest BCUT2D eigenvalue weighted by atomic mass is 10.1. The summed E-state index contributed by atoms with van der Waals surface area (Å²) in [5, 5.41) is 0.940. The highest BCUT2D eigenvalue weighted by molar-refractivity contribution is 7.99. The molecule has 0 saturated carbocycles.